The summed E-state index contributed by atoms with van der Waals surface area (Å²) in [6.07, 6.45) is 0. The summed E-state index contributed by atoms with van der Waals surface area (Å²) in [5.74, 6) is -0.218. The maximum absolute atomic E-state index is 14.2. The van der Waals surface area contributed by atoms with Crippen molar-refractivity contribution in [3.05, 3.63) is 89.0 Å². The highest BCUT2D eigenvalue weighted by Gasteiger charge is 2.26. The van der Waals surface area contributed by atoms with E-state index in [1.54, 1.807) is 23.9 Å². The van der Waals surface area contributed by atoms with Crippen LogP contribution < -0.4 is 5.43 Å². The molecule has 0 unspecified atom stereocenters. The van der Waals surface area contributed by atoms with E-state index in [0.29, 0.717) is 5.69 Å². The van der Waals surface area contributed by atoms with E-state index in [4.69, 9.17) is 0 Å². The Kier molecular flexibility index (Phi) is 4.09. The van der Waals surface area contributed by atoms with Crippen molar-refractivity contribution in [2.24, 2.45) is 5.10 Å². The molecule has 1 atom stereocenters. The molecule has 3 aromatic rings. The lowest BCUT2D eigenvalue weighted by Crippen LogP contribution is -2.08. The van der Waals surface area contributed by atoms with Crippen molar-refractivity contribution >= 4 is 16.8 Å². The molecule has 0 saturated carbocycles. The standard InChI is InChI=1S/C20H18FN3S/c1-13-12-16(14(2)24(13)18-11-7-6-10-17(18)21)20-23-22-19(25-20)15-8-4-3-5-9-15/h3-12,20,23H,1-2H3/t20-/m0/s1. The molecule has 0 fully saturated rings. The van der Waals surface area contributed by atoms with Crippen molar-refractivity contribution in [1.29, 1.82) is 0 Å². The summed E-state index contributed by atoms with van der Waals surface area (Å²) >= 11 is 1.68. The molecule has 4 rings (SSSR count). The molecule has 25 heavy (non-hydrogen) atoms. The van der Waals surface area contributed by atoms with Crippen molar-refractivity contribution in [1.82, 2.24) is 9.99 Å². The van der Waals surface area contributed by atoms with Crippen LogP contribution in [0.5, 0.6) is 0 Å². The van der Waals surface area contributed by atoms with Gasteiger partial charge in [-0.15, -0.1) is 0 Å². The zero-order valence-corrected chi connectivity index (χ0v) is 14.8. The quantitative estimate of drug-likeness (QED) is 0.725. The van der Waals surface area contributed by atoms with E-state index in [2.05, 4.69) is 28.7 Å². The van der Waals surface area contributed by atoms with Crippen LogP contribution in [0.2, 0.25) is 0 Å². The van der Waals surface area contributed by atoms with Gasteiger partial charge in [0, 0.05) is 22.5 Å². The van der Waals surface area contributed by atoms with Crippen molar-refractivity contribution in [3.8, 4) is 5.69 Å². The highest BCUT2D eigenvalue weighted by atomic mass is 32.2. The number of para-hydroxylation sites is 1. The Bertz CT molecular complexity index is 947. The zero-order chi connectivity index (χ0) is 17.4. The Morgan fingerprint density at radius 1 is 1.04 bits per heavy atom. The SMILES string of the molecule is Cc1cc([C@H]2NN=C(c3ccccc3)S2)c(C)n1-c1ccccc1F. The molecule has 2 heterocycles. The van der Waals surface area contributed by atoms with Crippen LogP contribution in [0.15, 0.2) is 65.8 Å². The van der Waals surface area contributed by atoms with Gasteiger partial charge in [0.2, 0.25) is 0 Å². The number of rotatable bonds is 3. The van der Waals surface area contributed by atoms with Crippen LogP contribution in [0.3, 0.4) is 0 Å². The second kappa shape index (κ2) is 6.41. The van der Waals surface area contributed by atoms with Gasteiger partial charge in [-0.05, 0) is 32.0 Å². The van der Waals surface area contributed by atoms with E-state index in [0.717, 1.165) is 27.6 Å². The number of benzene rings is 2. The lowest BCUT2D eigenvalue weighted by atomic mass is 10.2. The molecule has 0 radical (unpaired) electrons. The van der Waals surface area contributed by atoms with Gasteiger partial charge in [-0.25, -0.2) is 4.39 Å². The Morgan fingerprint density at radius 2 is 1.76 bits per heavy atom. The van der Waals surface area contributed by atoms with Gasteiger partial charge in [-0.3, -0.25) is 5.43 Å². The molecule has 0 spiro atoms. The predicted molar refractivity (Wildman–Crippen MR) is 102 cm³/mol. The molecule has 1 N–H and O–H groups in total. The third kappa shape index (κ3) is 2.85. The topological polar surface area (TPSA) is 29.3 Å². The minimum absolute atomic E-state index is 0.0296. The van der Waals surface area contributed by atoms with E-state index >= 15 is 0 Å². The first-order chi connectivity index (χ1) is 12.1. The fourth-order valence-electron chi connectivity index (χ4n) is 3.18. The number of hydrazone groups is 1. The number of aromatic nitrogens is 1. The first kappa shape index (κ1) is 16.0. The number of nitrogens with one attached hydrogen (secondary N) is 1. The summed E-state index contributed by atoms with van der Waals surface area (Å²) in [5.41, 5.74) is 8.05. The van der Waals surface area contributed by atoms with Crippen molar-refractivity contribution in [3.63, 3.8) is 0 Å². The zero-order valence-electron chi connectivity index (χ0n) is 14.0. The van der Waals surface area contributed by atoms with Crippen LogP contribution in [-0.2, 0) is 0 Å². The highest BCUT2D eigenvalue weighted by molar-refractivity contribution is 8.14. The lowest BCUT2D eigenvalue weighted by Gasteiger charge is -2.13. The van der Waals surface area contributed by atoms with Gasteiger partial charge in [0.1, 0.15) is 16.2 Å². The normalized spacial score (nSPS) is 16.6. The lowest BCUT2D eigenvalue weighted by molar-refractivity contribution is 0.615. The molecule has 3 nitrogen and oxygen atoms in total. The van der Waals surface area contributed by atoms with Crippen molar-refractivity contribution < 1.29 is 4.39 Å². The van der Waals surface area contributed by atoms with Gasteiger partial charge < -0.3 is 4.57 Å². The second-order valence-corrected chi connectivity index (χ2v) is 7.12. The van der Waals surface area contributed by atoms with E-state index < -0.39 is 0 Å². The molecule has 0 amide bonds. The van der Waals surface area contributed by atoms with E-state index in [-0.39, 0.29) is 11.2 Å². The molecular weight excluding hydrogens is 333 g/mol. The van der Waals surface area contributed by atoms with Crippen molar-refractivity contribution in [2.45, 2.75) is 19.2 Å². The van der Waals surface area contributed by atoms with Gasteiger partial charge in [-0.2, -0.15) is 5.10 Å². The van der Waals surface area contributed by atoms with Crippen LogP contribution >= 0.6 is 11.8 Å². The van der Waals surface area contributed by atoms with Crippen LogP contribution in [0.25, 0.3) is 5.69 Å². The predicted octanol–water partition coefficient (Wildman–Crippen LogP) is 4.93. The second-order valence-electron chi connectivity index (χ2n) is 6.02. The van der Waals surface area contributed by atoms with Gasteiger partial charge in [0.05, 0.1) is 5.69 Å². The Hall–Kier alpha value is -2.53. The third-order valence-corrected chi connectivity index (χ3v) is 5.52. The molecule has 1 aromatic heterocycles. The number of nitrogens with zero attached hydrogens (tertiary/aromatic N) is 2. The smallest absolute Gasteiger partial charge is 0.147 e. The summed E-state index contributed by atoms with van der Waals surface area (Å²) < 4.78 is 16.2. The molecule has 1 aliphatic heterocycles. The van der Waals surface area contributed by atoms with Crippen LogP contribution in [0, 0.1) is 19.7 Å². The number of hydrogen-bond donors (Lipinski definition) is 1. The summed E-state index contributed by atoms with van der Waals surface area (Å²) in [6, 6.07) is 19.1. The Morgan fingerprint density at radius 3 is 2.52 bits per heavy atom. The van der Waals surface area contributed by atoms with Crippen LogP contribution in [0.4, 0.5) is 4.39 Å². The van der Waals surface area contributed by atoms with E-state index in [1.807, 2.05) is 42.7 Å². The highest BCUT2D eigenvalue weighted by Crippen LogP contribution is 2.37. The fraction of sp³-hybridized carbons (Fsp3) is 0.150. The molecule has 2 aromatic carbocycles. The average molecular weight is 351 g/mol. The van der Waals surface area contributed by atoms with Crippen LogP contribution in [0.1, 0.15) is 27.9 Å². The van der Waals surface area contributed by atoms with Crippen LogP contribution in [-0.4, -0.2) is 9.61 Å². The minimum atomic E-state index is -0.218. The van der Waals surface area contributed by atoms with E-state index in [9.17, 15) is 4.39 Å². The summed E-state index contributed by atoms with van der Waals surface area (Å²) in [4.78, 5) is 0. The number of thioether (sulfide) groups is 1. The van der Waals surface area contributed by atoms with Gasteiger partial charge in [-0.1, -0.05) is 54.2 Å². The van der Waals surface area contributed by atoms with Gasteiger partial charge in [0.15, 0.2) is 0 Å². The molecular formula is C20H18FN3S. The summed E-state index contributed by atoms with van der Waals surface area (Å²) in [5, 5.41) is 5.48. The molecule has 0 saturated heterocycles. The Labute approximate surface area is 150 Å². The Balaban J connectivity index is 1.66. The number of hydrogen-bond acceptors (Lipinski definition) is 3. The first-order valence-electron chi connectivity index (χ1n) is 8.14. The largest absolute Gasteiger partial charge is 0.315 e. The van der Waals surface area contributed by atoms with Gasteiger partial charge >= 0.3 is 0 Å². The molecule has 1 aliphatic rings. The van der Waals surface area contributed by atoms with E-state index in [1.165, 1.54) is 6.07 Å². The molecule has 0 bridgehead atoms. The maximum atomic E-state index is 14.2. The summed E-state index contributed by atoms with van der Waals surface area (Å²) in [7, 11) is 0. The molecule has 0 aliphatic carbocycles. The van der Waals surface area contributed by atoms with Gasteiger partial charge in [0.25, 0.3) is 0 Å². The number of aryl methyl sites for hydroxylation is 1. The maximum Gasteiger partial charge on any atom is 0.147 e. The first-order valence-corrected chi connectivity index (χ1v) is 9.02. The fourth-order valence-corrected chi connectivity index (χ4v) is 4.26. The third-order valence-electron chi connectivity index (χ3n) is 4.38. The summed E-state index contributed by atoms with van der Waals surface area (Å²) in [6.45, 7) is 4.03. The molecule has 126 valence electrons. The van der Waals surface area contributed by atoms with Crippen molar-refractivity contribution in [2.75, 3.05) is 0 Å². The average Bonchev–Trinajstić information content (AvgIpc) is 3.22. The monoisotopic (exact) mass is 351 g/mol. The number of halogens is 1. The molecule has 5 heteroatoms. The minimum Gasteiger partial charge on any atom is -0.315 e.